The maximum Gasteiger partial charge on any atom is 0.204 e. The molecule has 166 valence electrons. The van der Waals surface area contributed by atoms with Gasteiger partial charge >= 0.3 is 0 Å². The Morgan fingerprint density at radius 2 is 1.53 bits per heavy atom. The first-order chi connectivity index (χ1) is 15.1. The summed E-state index contributed by atoms with van der Waals surface area (Å²) in [6.07, 6.45) is 9.57. The molecule has 32 heavy (non-hydrogen) atoms. The van der Waals surface area contributed by atoms with Crippen molar-refractivity contribution in [2.24, 2.45) is 0 Å². The Kier molecular flexibility index (Phi) is 6.50. The molecule has 3 rings (SSSR count). The average molecular weight is 434 g/mol. The minimum Gasteiger partial charge on any atom is -0.507 e. The quantitative estimate of drug-likeness (QED) is 0.284. The van der Waals surface area contributed by atoms with E-state index in [1.54, 1.807) is 0 Å². The number of phenols is 3. The molecule has 0 fully saturated rings. The smallest absolute Gasteiger partial charge is 0.204 e. The number of phenolic OH excluding ortho intramolecular Hbond substituents is 3. The Balaban J connectivity index is 2.44. The van der Waals surface area contributed by atoms with Crippen molar-refractivity contribution in [2.75, 3.05) is 6.61 Å². The summed E-state index contributed by atoms with van der Waals surface area (Å²) in [4.78, 5) is 13.6. The molecule has 0 amide bonds. The second kappa shape index (κ2) is 9.11. The number of terminal acetylenes is 1. The fourth-order valence-corrected chi connectivity index (χ4v) is 3.51. The molecule has 0 radical (unpaired) electrons. The van der Waals surface area contributed by atoms with E-state index in [9.17, 15) is 20.1 Å². The SMILES string of the molecule is C#CCOc1c(O)cc2oc3cc(O)c(CC=C(C)C)c(O)c3c(=O)c2c1CC=C(C)C. The highest BCUT2D eigenvalue weighted by atomic mass is 16.5. The molecule has 6 heteroatoms. The molecule has 0 aliphatic rings. The van der Waals surface area contributed by atoms with Crippen LogP contribution in [0.5, 0.6) is 23.0 Å². The molecule has 3 aromatic rings. The van der Waals surface area contributed by atoms with Gasteiger partial charge in [-0.15, -0.1) is 6.42 Å². The van der Waals surface area contributed by atoms with E-state index in [1.807, 2.05) is 39.8 Å². The van der Waals surface area contributed by atoms with Crippen molar-refractivity contribution in [3.63, 3.8) is 0 Å². The molecule has 0 atom stereocenters. The van der Waals surface area contributed by atoms with Crippen LogP contribution < -0.4 is 10.2 Å². The van der Waals surface area contributed by atoms with Gasteiger partial charge in [-0.25, -0.2) is 0 Å². The van der Waals surface area contributed by atoms with E-state index in [4.69, 9.17) is 15.6 Å². The van der Waals surface area contributed by atoms with Crippen LogP contribution in [-0.4, -0.2) is 21.9 Å². The summed E-state index contributed by atoms with van der Waals surface area (Å²) in [5.41, 5.74) is 2.30. The van der Waals surface area contributed by atoms with Crippen LogP contribution in [0.15, 0.2) is 44.6 Å². The van der Waals surface area contributed by atoms with Crippen LogP contribution in [0, 0.1) is 12.3 Å². The predicted octanol–water partition coefficient (Wildman–Crippen LogP) is 5.09. The van der Waals surface area contributed by atoms with Crippen molar-refractivity contribution in [3.05, 3.63) is 56.8 Å². The summed E-state index contributed by atoms with van der Waals surface area (Å²) in [5.74, 6) is 1.71. The molecule has 1 aromatic heterocycles. The van der Waals surface area contributed by atoms with Gasteiger partial charge in [0, 0.05) is 23.3 Å². The fraction of sp³-hybridized carbons (Fsp3) is 0.269. The standard InChI is InChI=1S/C26H26O6/c1-6-11-31-26-17(10-8-15(4)5)22-20(13-19(26)28)32-21-12-18(27)16(9-7-14(2)3)24(29)23(21)25(22)30/h1,7-8,12-13,27-29H,9-11H2,2-5H3. The van der Waals surface area contributed by atoms with E-state index in [1.165, 1.54) is 12.1 Å². The summed E-state index contributed by atoms with van der Waals surface area (Å²) >= 11 is 0. The number of fused-ring (bicyclic) bond motifs is 2. The van der Waals surface area contributed by atoms with Crippen molar-refractivity contribution < 1.29 is 24.5 Å². The minimum atomic E-state index is -0.486. The first kappa shape index (κ1) is 22.8. The topological polar surface area (TPSA) is 100 Å². The number of allylic oxidation sites excluding steroid dienone is 4. The maximum absolute atomic E-state index is 13.6. The summed E-state index contributed by atoms with van der Waals surface area (Å²) < 4.78 is 11.4. The molecular formula is C26H26O6. The van der Waals surface area contributed by atoms with Crippen LogP contribution in [0.4, 0.5) is 0 Å². The van der Waals surface area contributed by atoms with Crippen molar-refractivity contribution in [3.8, 4) is 35.3 Å². The Morgan fingerprint density at radius 3 is 2.12 bits per heavy atom. The van der Waals surface area contributed by atoms with Gasteiger partial charge in [-0.2, -0.15) is 0 Å². The fourth-order valence-electron chi connectivity index (χ4n) is 3.51. The lowest BCUT2D eigenvalue weighted by atomic mass is 9.98. The number of hydrogen-bond acceptors (Lipinski definition) is 6. The molecule has 3 N–H and O–H groups in total. The van der Waals surface area contributed by atoms with E-state index in [2.05, 4.69) is 5.92 Å². The van der Waals surface area contributed by atoms with E-state index in [0.717, 1.165) is 11.1 Å². The molecular weight excluding hydrogens is 408 g/mol. The van der Waals surface area contributed by atoms with Crippen LogP contribution in [0.2, 0.25) is 0 Å². The van der Waals surface area contributed by atoms with Gasteiger partial charge in [-0.3, -0.25) is 4.79 Å². The van der Waals surface area contributed by atoms with Gasteiger partial charge in [-0.05, 0) is 40.5 Å². The van der Waals surface area contributed by atoms with Crippen LogP contribution in [-0.2, 0) is 12.8 Å². The zero-order chi connectivity index (χ0) is 23.6. The summed E-state index contributed by atoms with van der Waals surface area (Å²) in [6.45, 7) is 7.53. The first-order valence-corrected chi connectivity index (χ1v) is 10.2. The Bertz CT molecular complexity index is 1360. The Hall–Kier alpha value is -3.85. The first-order valence-electron chi connectivity index (χ1n) is 10.2. The number of hydrogen-bond donors (Lipinski definition) is 3. The Morgan fingerprint density at radius 1 is 0.969 bits per heavy atom. The van der Waals surface area contributed by atoms with Crippen LogP contribution >= 0.6 is 0 Å². The normalized spacial score (nSPS) is 10.7. The highest BCUT2D eigenvalue weighted by Crippen LogP contribution is 2.40. The van der Waals surface area contributed by atoms with Gasteiger partial charge in [0.25, 0.3) is 0 Å². The average Bonchev–Trinajstić information content (AvgIpc) is 2.70. The van der Waals surface area contributed by atoms with Crippen LogP contribution in [0.25, 0.3) is 21.9 Å². The number of rotatable bonds is 6. The number of aromatic hydroxyl groups is 3. The molecule has 0 unspecified atom stereocenters. The van der Waals surface area contributed by atoms with Crippen molar-refractivity contribution in [1.82, 2.24) is 0 Å². The molecule has 0 saturated carbocycles. The molecule has 2 aromatic carbocycles. The number of ether oxygens (including phenoxy) is 1. The highest BCUT2D eigenvalue weighted by molar-refractivity contribution is 5.97. The largest absolute Gasteiger partial charge is 0.507 e. The van der Waals surface area contributed by atoms with Crippen molar-refractivity contribution in [1.29, 1.82) is 0 Å². The van der Waals surface area contributed by atoms with Gasteiger partial charge in [0.15, 0.2) is 11.5 Å². The summed E-state index contributed by atoms with van der Waals surface area (Å²) in [6, 6.07) is 2.58. The lowest BCUT2D eigenvalue weighted by Gasteiger charge is -2.15. The van der Waals surface area contributed by atoms with E-state index in [0.29, 0.717) is 5.56 Å². The molecule has 0 aliphatic carbocycles. The molecule has 0 aliphatic heterocycles. The van der Waals surface area contributed by atoms with Gasteiger partial charge in [-0.1, -0.05) is 29.2 Å². The third-order valence-corrected chi connectivity index (χ3v) is 5.07. The lowest BCUT2D eigenvalue weighted by molar-refractivity contribution is 0.339. The van der Waals surface area contributed by atoms with Gasteiger partial charge in [0.2, 0.25) is 5.43 Å². The zero-order valence-electron chi connectivity index (χ0n) is 18.6. The highest BCUT2D eigenvalue weighted by Gasteiger charge is 2.23. The molecule has 1 heterocycles. The maximum atomic E-state index is 13.6. The van der Waals surface area contributed by atoms with Gasteiger partial charge in [0.1, 0.15) is 34.7 Å². The second-order valence-electron chi connectivity index (χ2n) is 8.07. The van der Waals surface area contributed by atoms with Crippen LogP contribution in [0.1, 0.15) is 38.8 Å². The van der Waals surface area contributed by atoms with E-state index in [-0.39, 0.29) is 69.9 Å². The summed E-state index contributed by atoms with van der Waals surface area (Å²) in [7, 11) is 0. The number of benzene rings is 2. The molecule has 6 nitrogen and oxygen atoms in total. The lowest BCUT2D eigenvalue weighted by Crippen LogP contribution is -2.09. The molecule has 0 spiro atoms. The Labute approximate surface area is 186 Å². The molecule has 0 saturated heterocycles. The third-order valence-electron chi connectivity index (χ3n) is 5.07. The predicted molar refractivity (Wildman–Crippen MR) is 126 cm³/mol. The summed E-state index contributed by atoms with van der Waals surface area (Å²) in [5, 5.41) is 32.0. The van der Waals surface area contributed by atoms with Crippen molar-refractivity contribution in [2.45, 2.75) is 40.5 Å². The van der Waals surface area contributed by atoms with Crippen LogP contribution in [0.3, 0.4) is 0 Å². The zero-order valence-corrected chi connectivity index (χ0v) is 18.6. The van der Waals surface area contributed by atoms with E-state index < -0.39 is 5.43 Å². The monoisotopic (exact) mass is 434 g/mol. The van der Waals surface area contributed by atoms with Gasteiger partial charge in [0.05, 0.1) is 5.39 Å². The molecule has 0 bridgehead atoms. The second-order valence-corrected chi connectivity index (χ2v) is 8.07. The van der Waals surface area contributed by atoms with Crippen molar-refractivity contribution >= 4 is 21.9 Å². The van der Waals surface area contributed by atoms with Gasteiger partial charge < -0.3 is 24.5 Å². The van der Waals surface area contributed by atoms with E-state index >= 15 is 0 Å². The minimum absolute atomic E-state index is 0.0170. The third kappa shape index (κ3) is 4.28.